The topological polar surface area (TPSA) is 66.5 Å². The van der Waals surface area contributed by atoms with Gasteiger partial charge in [-0.25, -0.2) is 12.8 Å². The van der Waals surface area contributed by atoms with Gasteiger partial charge in [0.05, 0.1) is 16.1 Å². The molecule has 174 valence electrons. The van der Waals surface area contributed by atoms with E-state index in [-0.39, 0.29) is 22.7 Å². The molecular weight excluding hydrogens is 460 g/mol. The van der Waals surface area contributed by atoms with E-state index in [1.807, 2.05) is 6.92 Å². The van der Waals surface area contributed by atoms with Gasteiger partial charge in [0.25, 0.3) is 10.0 Å². The first-order valence-electron chi connectivity index (χ1n) is 9.74. The number of aryl methyl sites for hydroxylation is 1. The number of amides is 1. The highest BCUT2D eigenvalue weighted by Crippen LogP contribution is 2.29. The largest absolute Gasteiger partial charge is 0.416 e. The van der Waals surface area contributed by atoms with Gasteiger partial charge in [-0.15, -0.1) is 0 Å². The van der Waals surface area contributed by atoms with Crippen LogP contribution in [0.15, 0.2) is 77.7 Å². The lowest BCUT2D eigenvalue weighted by molar-refractivity contribution is -0.137. The lowest BCUT2D eigenvalue weighted by atomic mass is 10.1. The second-order valence-electron chi connectivity index (χ2n) is 7.28. The highest BCUT2D eigenvalue weighted by atomic mass is 32.2. The number of carbonyl (C=O) groups excluding carboxylic acids is 1. The Morgan fingerprint density at radius 3 is 2.21 bits per heavy atom. The second-order valence-corrected chi connectivity index (χ2v) is 9.14. The number of sulfonamides is 1. The highest BCUT2D eigenvalue weighted by molar-refractivity contribution is 7.92. The fourth-order valence-electron chi connectivity index (χ4n) is 3.00. The fraction of sp³-hybridized carbons (Fsp3) is 0.174. The Bertz CT molecular complexity index is 1230. The minimum absolute atomic E-state index is 0.208. The molecule has 1 amide bonds. The molecule has 0 fully saturated rings. The number of alkyl halides is 3. The maximum Gasteiger partial charge on any atom is 0.416 e. The zero-order valence-electron chi connectivity index (χ0n) is 17.4. The zero-order chi connectivity index (χ0) is 24.2. The van der Waals surface area contributed by atoms with E-state index < -0.39 is 40.0 Å². The predicted molar refractivity (Wildman–Crippen MR) is 115 cm³/mol. The van der Waals surface area contributed by atoms with E-state index in [0.29, 0.717) is 0 Å². The molecule has 33 heavy (non-hydrogen) atoms. The Kier molecular flexibility index (Phi) is 7.06. The molecule has 0 aliphatic carbocycles. The maximum absolute atomic E-state index is 13.3. The highest BCUT2D eigenvalue weighted by Gasteiger charge is 2.30. The number of nitrogens with one attached hydrogen (secondary N) is 1. The Balaban J connectivity index is 1.82. The Morgan fingerprint density at radius 2 is 1.61 bits per heavy atom. The zero-order valence-corrected chi connectivity index (χ0v) is 18.3. The monoisotopic (exact) mass is 480 g/mol. The molecule has 0 aromatic heterocycles. The summed E-state index contributed by atoms with van der Waals surface area (Å²) < 4.78 is 79.2. The first kappa shape index (κ1) is 24.2. The number of halogens is 4. The summed E-state index contributed by atoms with van der Waals surface area (Å²) in [6.45, 7) is 0.965. The van der Waals surface area contributed by atoms with Crippen molar-refractivity contribution in [2.45, 2.75) is 24.5 Å². The van der Waals surface area contributed by atoms with Gasteiger partial charge in [-0.1, -0.05) is 29.8 Å². The van der Waals surface area contributed by atoms with Crippen LogP contribution in [-0.2, 0) is 27.5 Å². The van der Waals surface area contributed by atoms with Crippen molar-refractivity contribution in [1.82, 2.24) is 5.32 Å². The van der Waals surface area contributed by atoms with Crippen LogP contribution in [0.4, 0.5) is 23.2 Å². The third-order valence-corrected chi connectivity index (χ3v) is 6.54. The standard InChI is InChI=1S/C23H20F4N2O3S/c1-16-5-9-20(10-6-16)29(33(31,32)21-11-7-19(24)8-12-21)15-22(30)28-14-17-3-2-4-18(13-17)23(25,26)27/h2-13H,14-15H2,1H3,(H,28,30). The van der Waals surface area contributed by atoms with Gasteiger partial charge in [-0.2, -0.15) is 13.2 Å². The third kappa shape index (κ3) is 6.10. The second kappa shape index (κ2) is 9.62. The van der Waals surface area contributed by atoms with Crippen LogP contribution < -0.4 is 9.62 Å². The van der Waals surface area contributed by atoms with Crippen LogP contribution in [0.25, 0.3) is 0 Å². The summed E-state index contributed by atoms with van der Waals surface area (Å²) in [6, 6.07) is 15.0. The Hall–Kier alpha value is -3.40. The van der Waals surface area contributed by atoms with Crippen LogP contribution >= 0.6 is 0 Å². The van der Waals surface area contributed by atoms with Crippen LogP contribution in [0.3, 0.4) is 0 Å². The summed E-state index contributed by atoms with van der Waals surface area (Å²) in [7, 11) is -4.23. The van der Waals surface area contributed by atoms with Gasteiger partial charge in [0.1, 0.15) is 12.4 Å². The van der Waals surface area contributed by atoms with Gasteiger partial charge in [0.2, 0.25) is 5.91 Å². The van der Waals surface area contributed by atoms with Crippen molar-refractivity contribution in [3.63, 3.8) is 0 Å². The molecule has 0 heterocycles. The minimum atomic E-state index is -4.52. The molecule has 0 spiro atoms. The Labute approximate surface area is 188 Å². The summed E-state index contributed by atoms with van der Waals surface area (Å²) in [5, 5.41) is 2.45. The van der Waals surface area contributed by atoms with Crippen molar-refractivity contribution in [1.29, 1.82) is 0 Å². The minimum Gasteiger partial charge on any atom is -0.350 e. The molecule has 0 aliphatic rings. The van der Waals surface area contributed by atoms with E-state index >= 15 is 0 Å². The number of hydrogen-bond donors (Lipinski definition) is 1. The van der Waals surface area contributed by atoms with Crippen LogP contribution in [0.2, 0.25) is 0 Å². The molecule has 5 nitrogen and oxygen atoms in total. The third-order valence-electron chi connectivity index (χ3n) is 4.75. The number of nitrogens with zero attached hydrogens (tertiary/aromatic N) is 1. The predicted octanol–water partition coefficient (Wildman–Crippen LogP) is 4.66. The molecule has 10 heteroatoms. The van der Waals surface area contributed by atoms with Gasteiger partial charge in [0, 0.05) is 6.54 Å². The van der Waals surface area contributed by atoms with E-state index in [1.54, 1.807) is 12.1 Å². The molecule has 0 saturated carbocycles. The van der Waals surface area contributed by atoms with Crippen LogP contribution in [-0.4, -0.2) is 20.9 Å². The number of carbonyl (C=O) groups is 1. The maximum atomic E-state index is 13.3. The van der Waals surface area contributed by atoms with Crippen LogP contribution in [0.5, 0.6) is 0 Å². The summed E-state index contributed by atoms with van der Waals surface area (Å²) in [6.07, 6.45) is -4.52. The van der Waals surface area contributed by atoms with Crippen LogP contribution in [0, 0.1) is 12.7 Å². The van der Waals surface area contributed by atoms with E-state index in [9.17, 15) is 30.8 Å². The SMILES string of the molecule is Cc1ccc(N(CC(=O)NCc2cccc(C(F)(F)F)c2)S(=O)(=O)c2ccc(F)cc2)cc1. The van der Waals surface area contributed by atoms with E-state index in [1.165, 1.54) is 24.3 Å². The molecule has 3 aromatic rings. The van der Waals surface area contributed by atoms with Gasteiger partial charge in [0.15, 0.2) is 0 Å². The quantitative estimate of drug-likeness (QED) is 0.500. The molecular formula is C23H20F4N2O3S. The molecule has 0 atom stereocenters. The lowest BCUT2D eigenvalue weighted by Gasteiger charge is -2.24. The summed E-state index contributed by atoms with van der Waals surface area (Å²) in [4.78, 5) is 12.4. The van der Waals surface area contributed by atoms with Gasteiger partial charge in [-0.05, 0) is 61.0 Å². The number of benzene rings is 3. The normalized spacial score (nSPS) is 11.8. The van der Waals surface area contributed by atoms with Crippen molar-refractivity contribution in [2.24, 2.45) is 0 Å². The first-order valence-corrected chi connectivity index (χ1v) is 11.2. The average Bonchev–Trinajstić information content (AvgIpc) is 2.76. The van der Waals surface area contributed by atoms with E-state index in [4.69, 9.17) is 0 Å². The average molecular weight is 480 g/mol. The Morgan fingerprint density at radius 1 is 0.970 bits per heavy atom. The molecule has 1 N–H and O–H groups in total. The molecule has 0 bridgehead atoms. The van der Waals surface area contributed by atoms with Crippen molar-refractivity contribution >= 4 is 21.6 Å². The number of anilines is 1. The van der Waals surface area contributed by atoms with Crippen LogP contribution in [0.1, 0.15) is 16.7 Å². The van der Waals surface area contributed by atoms with Crippen molar-refractivity contribution in [2.75, 3.05) is 10.8 Å². The molecule has 0 aliphatic heterocycles. The van der Waals surface area contributed by atoms with Gasteiger partial charge >= 0.3 is 6.18 Å². The van der Waals surface area contributed by atoms with E-state index in [0.717, 1.165) is 46.3 Å². The van der Waals surface area contributed by atoms with Crippen molar-refractivity contribution in [3.8, 4) is 0 Å². The fourth-order valence-corrected chi connectivity index (χ4v) is 4.43. The summed E-state index contributed by atoms with van der Waals surface area (Å²) in [5.74, 6) is -1.34. The molecule has 3 rings (SSSR count). The molecule has 0 radical (unpaired) electrons. The van der Waals surface area contributed by atoms with E-state index in [2.05, 4.69) is 5.32 Å². The number of hydrogen-bond acceptors (Lipinski definition) is 3. The smallest absolute Gasteiger partial charge is 0.350 e. The molecule has 3 aromatic carbocycles. The summed E-state index contributed by atoms with van der Waals surface area (Å²) in [5.41, 5.74) is 0.432. The summed E-state index contributed by atoms with van der Waals surface area (Å²) >= 11 is 0. The molecule has 0 unspecified atom stereocenters. The first-order chi connectivity index (χ1) is 15.5. The van der Waals surface area contributed by atoms with Gasteiger partial charge < -0.3 is 5.32 Å². The van der Waals surface area contributed by atoms with Crippen molar-refractivity contribution < 1.29 is 30.8 Å². The lowest BCUT2D eigenvalue weighted by Crippen LogP contribution is -2.40. The van der Waals surface area contributed by atoms with Gasteiger partial charge in [-0.3, -0.25) is 9.10 Å². The number of rotatable bonds is 7. The molecule has 0 saturated heterocycles. The van der Waals surface area contributed by atoms with Crippen molar-refractivity contribution in [3.05, 3.63) is 95.3 Å².